The second-order valence-corrected chi connectivity index (χ2v) is 6.58. The lowest BCUT2D eigenvalue weighted by atomic mass is 9.96. The summed E-state index contributed by atoms with van der Waals surface area (Å²) in [6, 6.07) is 8.34. The van der Waals surface area contributed by atoms with Crippen LogP contribution in [0.3, 0.4) is 0 Å². The second kappa shape index (κ2) is 7.27. The van der Waals surface area contributed by atoms with Crippen molar-refractivity contribution in [2.24, 2.45) is 0 Å². The molecular weight excluding hydrogens is 324 g/mol. The smallest absolute Gasteiger partial charge is 0.223 e. The number of ether oxygens (including phenoxy) is 1. The molecule has 0 fully saturated rings. The summed E-state index contributed by atoms with van der Waals surface area (Å²) in [5.74, 6) is 0.675. The number of nitrogens with zero attached hydrogens (tertiary/aromatic N) is 2. The average molecular weight is 346 g/mol. The van der Waals surface area contributed by atoms with Gasteiger partial charge in [0.2, 0.25) is 5.91 Å². The van der Waals surface area contributed by atoms with E-state index in [0.29, 0.717) is 24.3 Å². The van der Waals surface area contributed by atoms with Gasteiger partial charge < -0.3 is 14.6 Å². The van der Waals surface area contributed by atoms with Crippen molar-refractivity contribution in [2.45, 2.75) is 45.4 Å². The molecule has 0 aliphatic carbocycles. The van der Waals surface area contributed by atoms with E-state index in [-0.39, 0.29) is 18.1 Å². The third-order valence-electron chi connectivity index (χ3n) is 4.20. The lowest BCUT2D eigenvalue weighted by Gasteiger charge is -2.25. The summed E-state index contributed by atoms with van der Waals surface area (Å²) in [6.45, 7) is 5.06. The minimum atomic E-state index is -0.180. The van der Waals surface area contributed by atoms with E-state index >= 15 is 0 Å². The number of rotatable bonds is 5. The maximum atomic E-state index is 12.3. The fourth-order valence-corrected chi connectivity index (χ4v) is 3.42. The SMILES string of the molecule is CC(C)n1c(CNC(=O)C[C@@H]2OCCc3ccccc32)n[nH]c1=S. The molecule has 1 aromatic heterocycles. The van der Waals surface area contributed by atoms with Gasteiger partial charge in [-0.3, -0.25) is 9.89 Å². The molecule has 0 saturated heterocycles. The zero-order chi connectivity index (χ0) is 17.1. The van der Waals surface area contributed by atoms with Gasteiger partial charge in [-0.25, -0.2) is 0 Å². The van der Waals surface area contributed by atoms with E-state index in [0.717, 1.165) is 17.8 Å². The summed E-state index contributed by atoms with van der Waals surface area (Å²) in [5.41, 5.74) is 2.38. The number of carbonyl (C=O) groups excluding carboxylic acids is 1. The van der Waals surface area contributed by atoms with Gasteiger partial charge in [0.05, 0.1) is 25.7 Å². The molecule has 2 heterocycles. The highest BCUT2D eigenvalue weighted by atomic mass is 32.1. The molecule has 1 atom stereocenters. The molecule has 0 unspecified atom stereocenters. The van der Waals surface area contributed by atoms with Crippen LogP contribution in [0.5, 0.6) is 0 Å². The van der Waals surface area contributed by atoms with E-state index in [4.69, 9.17) is 17.0 Å². The number of amides is 1. The number of hydrogen-bond acceptors (Lipinski definition) is 4. The first-order chi connectivity index (χ1) is 11.6. The molecule has 0 spiro atoms. The summed E-state index contributed by atoms with van der Waals surface area (Å²) >= 11 is 5.22. The van der Waals surface area contributed by atoms with Crippen LogP contribution >= 0.6 is 12.2 Å². The molecule has 24 heavy (non-hydrogen) atoms. The van der Waals surface area contributed by atoms with Gasteiger partial charge in [0.15, 0.2) is 10.6 Å². The molecule has 3 rings (SSSR count). The van der Waals surface area contributed by atoms with Gasteiger partial charge in [-0.15, -0.1) is 0 Å². The van der Waals surface area contributed by atoms with Crippen molar-refractivity contribution in [3.8, 4) is 0 Å². The quantitative estimate of drug-likeness (QED) is 0.817. The molecule has 1 amide bonds. The van der Waals surface area contributed by atoms with Crippen molar-refractivity contribution >= 4 is 18.1 Å². The molecule has 1 aliphatic heterocycles. The Morgan fingerprint density at radius 1 is 1.50 bits per heavy atom. The monoisotopic (exact) mass is 346 g/mol. The zero-order valence-corrected chi connectivity index (χ0v) is 14.7. The Kier molecular flexibility index (Phi) is 5.11. The highest BCUT2D eigenvalue weighted by molar-refractivity contribution is 7.71. The van der Waals surface area contributed by atoms with Crippen LogP contribution in [-0.4, -0.2) is 27.3 Å². The zero-order valence-electron chi connectivity index (χ0n) is 13.9. The minimum Gasteiger partial charge on any atom is -0.373 e. The molecule has 6 nitrogen and oxygen atoms in total. The first-order valence-electron chi connectivity index (χ1n) is 8.18. The van der Waals surface area contributed by atoms with Gasteiger partial charge in [0.1, 0.15) is 0 Å². The van der Waals surface area contributed by atoms with Crippen LogP contribution in [0.4, 0.5) is 0 Å². The fourth-order valence-electron chi connectivity index (χ4n) is 3.06. The van der Waals surface area contributed by atoms with Crippen molar-refractivity contribution in [1.29, 1.82) is 0 Å². The van der Waals surface area contributed by atoms with Crippen LogP contribution in [-0.2, 0) is 22.5 Å². The molecule has 0 radical (unpaired) electrons. The van der Waals surface area contributed by atoms with Crippen molar-refractivity contribution in [1.82, 2.24) is 20.1 Å². The van der Waals surface area contributed by atoms with Gasteiger partial charge in [0, 0.05) is 6.04 Å². The number of aromatic nitrogens is 3. The van der Waals surface area contributed by atoms with Gasteiger partial charge in [-0.1, -0.05) is 24.3 Å². The van der Waals surface area contributed by atoms with Gasteiger partial charge in [0.25, 0.3) is 0 Å². The van der Waals surface area contributed by atoms with Crippen molar-refractivity contribution in [2.75, 3.05) is 6.61 Å². The topological polar surface area (TPSA) is 71.9 Å². The number of H-pyrrole nitrogens is 1. The van der Waals surface area contributed by atoms with E-state index in [1.807, 2.05) is 36.6 Å². The average Bonchev–Trinajstić information content (AvgIpc) is 2.94. The predicted octanol–water partition coefficient (Wildman–Crippen LogP) is 2.84. The van der Waals surface area contributed by atoms with Crippen molar-refractivity contribution < 1.29 is 9.53 Å². The van der Waals surface area contributed by atoms with Crippen LogP contribution in [0, 0.1) is 4.77 Å². The van der Waals surface area contributed by atoms with E-state index in [1.54, 1.807) is 0 Å². The Morgan fingerprint density at radius 3 is 3.08 bits per heavy atom. The van der Waals surface area contributed by atoms with Crippen LogP contribution in [0.2, 0.25) is 0 Å². The van der Waals surface area contributed by atoms with E-state index in [9.17, 15) is 4.79 Å². The molecule has 2 aromatic rings. The molecule has 2 N–H and O–H groups in total. The normalized spacial score (nSPS) is 16.9. The number of aromatic amines is 1. The molecular formula is C17H22N4O2S. The van der Waals surface area contributed by atoms with Crippen LogP contribution < -0.4 is 5.32 Å². The largest absolute Gasteiger partial charge is 0.373 e. The number of benzene rings is 1. The summed E-state index contributed by atoms with van der Waals surface area (Å²) in [5, 5.41) is 9.89. The van der Waals surface area contributed by atoms with Crippen LogP contribution in [0.15, 0.2) is 24.3 Å². The Balaban J connectivity index is 1.62. The Labute approximate surface area is 146 Å². The summed E-state index contributed by atoms with van der Waals surface area (Å²) in [7, 11) is 0. The van der Waals surface area contributed by atoms with E-state index < -0.39 is 0 Å². The molecule has 0 bridgehead atoms. The molecule has 1 aromatic carbocycles. The second-order valence-electron chi connectivity index (χ2n) is 6.20. The highest BCUT2D eigenvalue weighted by Crippen LogP contribution is 2.29. The highest BCUT2D eigenvalue weighted by Gasteiger charge is 2.23. The molecule has 128 valence electrons. The summed E-state index contributed by atoms with van der Waals surface area (Å²) in [4.78, 5) is 12.3. The number of hydrogen-bond donors (Lipinski definition) is 2. The Bertz CT molecular complexity index is 781. The van der Waals surface area contributed by atoms with Crippen molar-refractivity contribution in [3.63, 3.8) is 0 Å². The summed E-state index contributed by atoms with van der Waals surface area (Å²) in [6.07, 6.45) is 1.03. The predicted molar refractivity (Wildman–Crippen MR) is 93.1 cm³/mol. The first kappa shape index (κ1) is 16.9. The number of fused-ring (bicyclic) bond motifs is 1. The minimum absolute atomic E-state index is 0.0547. The Morgan fingerprint density at radius 2 is 2.29 bits per heavy atom. The molecule has 7 heteroatoms. The van der Waals surface area contributed by atoms with Crippen LogP contribution in [0.25, 0.3) is 0 Å². The standard InChI is InChI=1S/C17H22N4O2S/c1-11(2)21-15(19-20-17(21)24)10-18-16(22)9-14-13-6-4-3-5-12(13)7-8-23-14/h3-6,11,14H,7-10H2,1-2H3,(H,18,22)(H,20,24)/t14-/m0/s1. The Hall–Kier alpha value is -1.99. The maximum Gasteiger partial charge on any atom is 0.223 e. The number of nitrogens with one attached hydrogen (secondary N) is 2. The van der Waals surface area contributed by atoms with E-state index in [2.05, 4.69) is 21.6 Å². The molecule has 0 saturated carbocycles. The fraction of sp³-hybridized carbons (Fsp3) is 0.471. The maximum absolute atomic E-state index is 12.3. The van der Waals surface area contributed by atoms with Crippen molar-refractivity contribution in [3.05, 3.63) is 46.0 Å². The number of carbonyl (C=O) groups is 1. The third kappa shape index (κ3) is 3.57. The lowest BCUT2D eigenvalue weighted by Crippen LogP contribution is -2.28. The van der Waals surface area contributed by atoms with Crippen LogP contribution in [0.1, 0.15) is 49.4 Å². The summed E-state index contributed by atoms with van der Waals surface area (Å²) < 4.78 is 8.26. The third-order valence-corrected chi connectivity index (χ3v) is 4.49. The van der Waals surface area contributed by atoms with Gasteiger partial charge in [-0.2, -0.15) is 5.10 Å². The first-order valence-corrected chi connectivity index (χ1v) is 8.59. The lowest BCUT2D eigenvalue weighted by molar-refractivity contribution is -0.124. The molecule has 1 aliphatic rings. The van der Waals surface area contributed by atoms with Gasteiger partial charge in [-0.05, 0) is 43.6 Å². The van der Waals surface area contributed by atoms with Gasteiger partial charge >= 0.3 is 0 Å². The van der Waals surface area contributed by atoms with E-state index in [1.165, 1.54) is 5.56 Å².